The number of ketones is 1. The number of aliphatic hydroxyl groups is 4. The molecule has 11 N–H and O–H groups in total. The van der Waals surface area contributed by atoms with Crippen LogP contribution in [-0.4, -0.2) is 266 Å². The summed E-state index contributed by atoms with van der Waals surface area (Å²) in [7, 11) is 3.64. The third-order valence-corrected chi connectivity index (χ3v) is 21.9. The number of halogens is 2. The van der Waals surface area contributed by atoms with Gasteiger partial charge in [-0.25, -0.2) is 9.59 Å². The first-order valence-corrected chi connectivity index (χ1v) is 39.9. The molecule has 1 fully saturated rings. The first-order valence-electron chi connectivity index (χ1n) is 38.0. The van der Waals surface area contributed by atoms with E-state index in [1.165, 1.54) is 4.90 Å². The van der Waals surface area contributed by atoms with Crippen LogP contribution in [0.15, 0.2) is 97.1 Å². The maximum atomic E-state index is 14.9. The lowest BCUT2D eigenvalue weighted by molar-refractivity contribution is -0.277. The fraction of sp³-hybridized carbons (Fsp3) is 0.537. The number of amides is 7. The minimum Gasteiger partial charge on any atom is -0.461 e. The molecule has 3 aliphatic rings. The molecule has 7 amide bonds. The highest BCUT2D eigenvalue weighted by molar-refractivity contribution is 7.16. The SMILES string of the molecule is CC(C)[C@H](NC(=O)CCOCCOCCOCCOCCOCCOCCN)C(=O)C[C@@H](CCCNC(N)=O)C(=O)Nc1ccc(CCC(C)N(C)CCN(C)C(=O)Oc2cc3c(c4ccccc24)[C@H](CCl)CN3C(=O)c2ccc(C(=O)N3C[C@@H](CCl)c4c3cc(O[C@@H]3O[C@H](CO)[C@H](O)[C@H](O)[C@H]3O)c3ccccc43)s2)cc1. The summed E-state index contributed by atoms with van der Waals surface area (Å²) >= 11 is 14.3. The van der Waals surface area contributed by atoms with Crippen LogP contribution in [0.5, 0.6) is 11.5 Å². The zero-order valence-electron chi connectivity index (χ0n) is 64.1. The van der Waals surface area contributed by atoms with Crippen molar-refractivity contribution in [1.82, 2.24) is 20.4 Å². The number of anilines is 3. The van der Waals surface area contributed by atoms with Gasteiger partial charge in [-0.15, -0.1) is 34.5 Å². The summed E-state index contributed by atoms with van der Waals surface area (Å²) in [4.78, 5) is 104. The molecule has 5 aromatic carbocycles. The Labute approximate surface area is 666 Å². The van der Waals surface area contributed by atoms with Crippen molar-refractivity contribution in [2.75, 3.05) is 166 Å². The quantitative estimate of drug-likeness (QED) is 0.0135. The van der Waals surface area contributed by atoms with Gasteiger partial charge in [-0.3, -0.25) is 24.0 Å². The Kier molecular flexibility index (Phi) is 34.8. The second-order valence-corrected chi connectivity index (χ2v) is 30.1. The van der Waals surface area contributed by atoms with Crippen LogP contribution in [0.4, 0.5) is 26.7 Å². The molecule has 4 heterocycles. The summed E-state index contributed by atoms with van der Waals surface area (Å²) in [5.74, 6) is -2.73. The number of hydrogen-bond donors (Lipinski definition) is 9. The number of hydrogen-bond acceptors (Lipinski definition) is 23. The van der Waals surface area contributed by atoms with E-state index in [9.17, 15) is 54.0 Å². The third kappa shape index (κ3) is 23.9. The van der Waals surface area contributed by atoms with E-state index >= 15 is 0 Å². The standard InChI is InChI=1S/C80H107Cl2N9O20S/c1-49(2)71(87-68(94)24-29-103-31-33-105-35-37-107-39-40-108-38-36-106-34-32-104-30-25-83)62(93)41-52(11-10-26-85-79(84)101)75(98)86-55-20-18-51(19-21-55)17-16-50(3)88(4)27-28-89(5)80(102)111-64-43-61-70(59-15-9-7-13-57(59)64)54(45-82)47-91(61)77(100)67-23-22-66(112-67)76(99)90-46-53(44-81)69-58-14-8-6-12-56(58)63(42-60(69)90)109-78-74(97)73(96)72(95)65(48-92)110-78/h6-9,12-15,18-23,42-43,49-50,52-54,65,71-74,78,92,95-97H,10-11,16-17,24-41,44-48,83H2,1-5H3,(H,86,98)(H,87,94)(H3,84,85,101)/t50?,52-,53-,54-,65-,71+,72+,73+,74-,78-/m1/s1. The molecule has 3 aliphatic heterocycles. The van der Waals surface area contributed by atoms with E-state index in [0.717, 1.165) is 45.2 Å². The molecule has 9 rings (SSSR count). The lowest BCUT2D eigenvalue weighted by atomic mass is 9.89. The molecular formula is C80H107Cl2N9O20S. The number of alkyl halides is 2. The van der Waals surface area contributed by atoms with Gasteiger partial charge in [0.1, 0.15) is 35.9 Å². The second-order valence-electron chi connectivity index (χ2n) is 28.4. The number of nitrogens with one attached hydrogen (secondary N) is 3. The number of nitrogens with two attached hydrogens (primary N) is 2. The van der Waals surface area contributed by atoms with Crippen molar-refractivity contribution in [2.45, 2.75) is 114 Å². The van der Waals surface area contributed by atoms with Crippen molar-refractivity contribution in [1.29, 1.82) is 0 Å². The Balaban J connectivity index is 0.737. The largest absolute Gasteiger partial charge is 0.461 e. The van der Waals surface area contributed by atoms with Gasteiger partial charge in [0.15, 0.2) is 5.78 Å². The number of carbonyl (C=O) groups is 7. The van der Waals surface area contributed by atoms with E-state index in [4.69, 9.17) is 77.3 Å². The molecule has 32 heteroatoms. The number of thiophene rings is 1. The van der Waals surface area contributed by atoms with Gasteiger partial charge >= 0.3 is 12.1 Å². The van der Waals surface area contributed by atoms with Gasteiger partial charge in [-0.1, -0.05) is 74.5 Å². The van der Waals surface area contributed by atoms with Crippen LogP contribution in [0.2, 0.25) is 0 Å². The average molecular weight is 1620 g/mol. The van der Waals surface area contributed by atoms with E-state index in [0.29, 0.717) is 126 Å². The third-order valence-electron chi connectivity index (χ3n) is 20.1. The fourth-order valence-corrected chi connectivity index (χ4v) is 15.1. The zero-order chi connectivity index (χ0) is 80.4. The first-order chi connectivity index (χ1) is 54.0. The number of urea groups is 1. The number of aryl methyl sites for hydroxylation is 1. The number of benzene rings is 5. The molecule has 612 valence electrons. The van der Waals surface area contributed by atoms with Crippen LogP contribution >= 0.6 is 34.5 Å². The second kappa shape index (κ2) is 44.2. The average Bonchev–Trinajstić information content (AvgIpc) is 1.57. The number of aliphatic hydroxyl groups excluding tert-OH is 4. The number of ether oxygens (including phenoxy) is 9. The Bertz CT molecular complexity index is 4090. The molecule has 1 aromatic heterocycles. The summed E-state index contributed by atoms with van der Waals surface area (Å²) in [5.41, 5.74) is 14.8. The maximum absolute atomic E-state index is 14.9. The van der Waals surface area contributed by atoms with Gasteiger partial charge in [0.05, 0.1) is 113 Å². The zero-order valence-corrected chi connectivity index (χ0v) is 66.4. The minimum atomic E-state index is -1.69. The summed E-state index contributed by atoms with van der Waals surface area (Å²) in [6, 6.07) is 27.3. The number of carbonyl (C=O) groups excluding carboxylic acids is 7. The Morgan fingerprint density at radius 3 is 1.69 bits per heavy atom. The van der Waals surface area contributed by atoms with Crippen molar-refractivity contribution in [3.63, 3.8) is 0 Å². The van der Waals surface area contributed by atoms with E-state index in [2.05, 4.69) is 27.8 Å². The number of primary amides is 1. The van der Waals surface area contributed by atoms with E-state index in [-0.39, 0.29) is 132 Å². The lowest BCUT2D eigenvalue weighted by Gasteiger charge is -2.39. The molecule has 112 heavy (non-hydrogen) atoms. The monoisotopic (exact) mass is 1620 g/mol. The van der Waals surface area contributed by atoms with Crippen LogP contribution in [0, 0.1) is 11.8 Å². The highest BCUT2D eigenvalue weighted by Crippen LogP contribution is 2.49. The maximum Gasteiger partial charge on any atom is 0.415 e. The van der Waals surface area contributed by atoms with Crippen LogP contribution in [0.1, 0.15) is 101 Å². The number of nitrogens with zero attached hydrogens (tertiary/aromatic N) is 4. The summed E-state index contributed by atoms with van der Waals surface area (Å²) in [6.45, 7) is 11.6. The summed E-state index contributed by atoms with van der Waals surface area (Å²) in [5, 5.41) is 53.0. The molecule has 29 nitrogen and oxygen atoms in total. The summed E-state index contributed by atoms with van der Waals surface area (Å²) < 4.78 is 51.0. The van der Waals surface area contributed by atoms with E-state index in [1.54, 1.807) is 53.2 Å². The molecule has 10 atom stereocenters. The molecule has 6 aromatic rings. The lowest BCUT2D eigenvalue weighted by Crippen LogP contribution is -2.60. The van der Waals surface area contributed by atoms with Crippen LogP contribution in [0.3, 0.4) is 0 Å². The van der Waals surface area contributed by atoms with E-state index in [1.807, 2.05) is 81.6 Å². The summed E-state index contributed by atoms with van der Waals surface area (Å²) in [6.07, 6.45) is -6.36. The first kappa shape index (κ1) is 88.2. The Hall–Kier alpha value is -7.73. The van der Waals surface area contributed by atoms with Gasteiger partial charge in [0.2, 0.25) is 18.1 Å². The Morgan fingerprint density at radius 2 is 1.17 bits per heavy atom. The highest BCUT2D eigenvalue weighted by Gasteiger charge is 2.46. The minimum absolute atomic E-state index is 0.0102. The normalized spacial score (nSPS) is 18.9. The number of Topliss-reactive ketones (excluding diaryl/α,β-unsaturated/α-hetero) is 1. The van der Waals surface area contributed by atoms with Crippen molar-refractivity contribution in [3.05, 3.63) is 124 Å². The molecule has 0 radical (unpaired) electrons. The number of rotatable bonds is 46. The molecule has 1 unspecified atom stereocenters. The molecule has 0 saturated carbocycles. The topological polar surface area (TPSA) is 385 Å². The molecule has 0 spiro atoms. The fourth-order valence-electron chi connectivity index (χ4n) is 13.7. The number of likely N-dealkylation sites (N-methyl/N-ethyl adjacent to an activating group) is 2. The molecular weight excluding hydrogens is 1510 g/mol. The molecule has 0 aliphatic carbocycles. The van der Waals surface area contributed by atoms with Gasteiger partial charge in [-0.05, 0) is 97.3 Å². The van der Waals surface area contributed by atoms with Gasteiger partial charge in [-0.2, -0.15) is 0 Å². The van der Waals surface area contributed by atoms with Crippen molar-refractivity contribution in [2.24, 2.45) is 23.3 Å². The molecule has 1 saturated heterocycles. The van der Waals surface area contributed by atoms with Crippen LogP contribution < -0.4 is 46.7 Å². The predicted octanol–water partition coefficient (Wildman–Crippen LogP) is 7.13. The smallest absolute Gasteiger partial charge is 0.415 e. The Morgan fingerprint density at radius 1 is 0.652 bits per heavy atom. The van der Waals surface area contributed by atoms with E-state index < -0.39 is 67.3 Å². The molecule has 0 bridgehead atoms. The van der Waals surface area contributed by atoms with Crippen molar-refractivity contribution < 1.29 is 96.6 Å². The van der Waals surface area contributed by atoms with Gasteiger partial charge < -0.3 is 110 Å². The van der Waals surface area contributed by atoms with Crippen LogP contribution in [-0.2, 0) is 54.0 Å². The van der Waals surface area contributed by atoms with Gasteiger partial charge in [0.25, 0.3) is 11.8 Å². The number of fused-ring (bicyclic) bond motifs is 6. The van der Waals surface area contributed by atoms with Gasteiger partial charge in [0, 0.05) is 123 Å². The van der Waals surface area contributed by atoms with Crippen LogP contribution in [0.25, 0.3) is 21.5 Å². The highest BCUT2D eigenvalue weighted by atomic mass is 35.5. The van der Waals surface area contributed by atoms with Crippen molar-refractivity contribution in [3.8, 4) is 11.5 Å². The predicted molar refractivity (Wildman–Crippen MR) is 426 cm³/mol. The van der Waals surface area contributed by atoms with Crippen molar-refractivity contribution >= 4 is 115 Å².